The van der Waals surface area contributed by atoms with Crippen LogP contribution in [0.1, 0.15) is 12.1 Å². The number of nitrogens with two attached hydrogens (primary N) is 1. The van der Waals surface area contributed by atoms with Gasteiger partial charge in [-0.2, -0.15) is 0 Å². The molecule has 1 aliphatic heterocycles. The van der Waals surface area contributed by atoms with Crippen molar-refractivity contribution in [2.75, 3.05) is 19.8 Å². The van der Waals surface area contributed by atoms with Gasteiger partial charge in [0.15, 0.2) is 0 Å². The third-order valence-corrected chi connectivity index (χ3v) is 2.51. The molecule has 1 aromatic rings. The summed E-state index contributed by atoms with van der Waals surface area (Å²) in [6.07, 6.45) is 2.82. The highest BCUT2D eigenvalue weighted by molar-refractivity contribution is 5.22. The average molecular weight is 208 g/mol. The zero-order valence-corrected chi connectivity index (χ0v) is 8.69. The fourth-order valence-corrected chi connectivity index (χ4v) is 1.59. The number of rotatable bonds is 4. The van der Waals surface area contributed by atoms with Gasteiger partial charge in [-0.3, -0.25) is 4.98 Å². The molecule has 2 heterocycles. The lowest BCUT2D eigenvalue weighted by Gasteiger charge is -2.10. The van der Waals surface area contributed by atoms with Crippen LogP contribution in [0.15, 0.2) is 18.3 Å². The van der Waals surface area contributed by atoms with Gasteiger partial charge < -0.3 is 15.2 Å². The lowest BCUT2D eigenvalue weighted by molar-refractivity contribution is 0.167. The molecule has 0 radical (unpaired) electrons. The van der Waals surface area contributed by atoms with Gasteiger partial charge >= 0.3 is 0 Å². The van der Waals surface area contributed by atoms with Crippen molar-refractivity contribution < 1.29 is 9.47 Å². The van der Waals surface area contributed by atoms with Gasteiger partial charge in [-0.25, -0.2) is 0 Å². The fourth-order valence-electron chi connectivity index (χ4n) is 1.59. The van der Waals surface area contributed by atoms with Crippen LogP contribution >= 0.6 is 0 Å². The molecule has 15 heavy (non-hydrogen) atoms. The minimum absolute atomic E-state index is 0.448. The Morgan fingerprint density at radius 1 is 1.60 bits per heavy atom. The summed E-state index contributed by atoms with van der Waals surface area (Å²) in [5.74, 6) is 1.37. The molecule has 2 N–H and O–H groups in total. The van der Waals surface area contributed by atoms with Crippen LogP contribution in [0.3, 0.4) is 0 Å². The summed E-state index contributed by atoms with van der Waals surface area (Å²) in [7, 11) is 0. The van der Waals surface area contributed by atoms with E-state index in [-0.39, 0.29) is 0 Å². The van der Waals surface area contributed by atoms with Gasteiger partial charge in [0.1, 0.15) is 5.75 Å². The van der Waals surface area contributed by atoms with E-state index in [4.69, 9.17) is 15.2 Å². The van der Waals surface area contributed by atoms with Crippen molar-refractivity contribution in [1.29, 1.82) is 0 Å². The van der Waals surface area contributed by atoms with Crippen molar-refractivity contribution in [2.45, 2.75) is 13.0 Å². The van der Waals surface area contributed by atoms with E-state index in [0.29, 0.717) is 19.1 Å². The molecule has 1 atom stereocenters. The summed E-state index contributed by atoms with van der Waals surface area (Å²) in [5.41, 5.74) is 6.36. The first-order valence-electron chi connectivity index (χ1n) is 5.24. The van der Waals surface area contributed by atoms with Crippen LogP contribution in [0.4, 0.5) is 0 Å². The summed E-state index contributed by atoms with van der Waals surface area (Å²) < 4.78 is 10.9. The molecule has 1 saturated heterocycles. The van der Waals surface area contributed by atoms with Crippen molar-refractivity contribution in [3.05, 3.63) is 24.0 Å². The topological polar surface area (TPSA) is 57.4 Å². The lowest BCUT2D eigenvalue weighted by atomic mass is 10.1. The minimum Gasteiger partial charge on any atom is -0.493 e. The third-order valence-electron chi connectivity index (χ3n) is 2.51. The maximum absolute atomic E-state index is 5.66. The van der Waals surface area contributed by atoms with Crippen molar-refractivity contribution in [3.63, 3.8) is 0 Å². The summed E-state index contributed by atoms with van der Waals surface area (Å²) in [6.45, 7) is 2.84. The largest absolute Gasteiger partial charge is 0.493 e. The molecule has 0 aliphatic carbocycles. The average Bonchev–Trinajstić information content (AvgIpc) is 2.79. The second-order valence-corrected chi connectivity index (χ2v) is 3.73. The van der Waals surface area contributed by atoms with Crippen LogP contribution < -0.4 is 10.5 Å². The van der Waals surface area contributed by atoms with Crippen molar-refractivity contribution >= 4 is 0 Å². The Balaban J connectivity index is 1.86. The Hall–Kier alpha value is -1.13. The van der Waals surface area contributed by atoms with E-state index in [1.165, 1.54) is 0 Å². The molecule has 1 fully saturated rings. The number of hydrogen-bond donors (Lipinski definition) is 1. The highest BCUT2D eigenvalue weighted by Gasteiger charge is 2.16. The first-order chi connectivity index (χ1) is 7.38. The molecule has 0 amide bonds. The Morgan fingerprint density at radius 2 is 2.53 bits per heavy atom. The normalized spacial score (nSPS) is 20.5. The fraction of sp³-hybridized carbons (Fsp3) is 0.545. The summed E-state index contributed by atoms with van der Waals surface area (Å²) >= 11 is 0. The van der Waals surface area contributed by atoms with Gasteiger partial charge in [0.25, 0.3) is 0 Å². The third kappa shape index (κ3) is 2.91. The highest BCUT2D eigenvalue weighted by atomic mass is 16.5. The smallest absolute Gasteiger partial charge is 0.122 e. The first-order valence-corrected chi connectivity index (χ1v) is 5.24. The zero-order valence-electron chi connectivity index (χ0n) is 8.69. The van der Waals surface area contributed by atoms with Crippen molar-refractivity contribution in [2.24, 2.45) is 11.7 Å². The van der Waals surface area contributed by atoms with E-state index in [9.17, 15) is 0 Å². The van der Waals surface area contributed by atoms with E-state index in [0.717, 1.165) is 31.1 Å². The number of hydrogen-bond acceptors (Lipinski definition) is 4. The van der Waals surface area contributed by atoms with Gasteiger partial charge in [-0.15, -0.1) is 0 Å². The quantitative estimate of drug-likeness (QED) is 0.800. The van der Waals surface area contributed by atoms with Crippen LogP contribution in [0.2, 0.25) is 0 Å². The van der Waals surface area contributed by atoms with Crippen molar-refractivity contribution in [3.8, 4) is 5.75 Å². The minimum atomic E-state index is 0.448. The molecular weight excluding hydrogens is 192 g/mol. The number of nitrogens with zero attached hydrogens (tertiary/aromatic N) is 1. The molecular formula is C11H16N2O2. The molecule has 4 heteroatoms. The molecule has 0 spiro atoms. The second kappa shape index (κ2) is 5.09. The van der Waals surface area contributed by atoms with Gasteiger partial charge in [0.2, 0.25) is 0 Å². The maximum Gasteiger partial charge on any atom is 0.122 e. The Labute approximate surface area is 89.4 Å². The molecule has 1 aliphatic rings. The van der Waals surface area contributed by atoms with Gasteiger partial charge in [-0.1, -0.05) is 0 Å². The molecule has 0 saturated carbocycles. The van der Waals surface area contributed by atoms with Crippen LogP contribution in [-0.2, 0) is 11.3 Å². The van der Waals surface area contributed by atoms with Gasteiger partial charge in [-0.05, 0) is 12.5 Å². The summed E-state index contributed by atoms with van der Waals surface area (Å²) in [5, 5.41) is 0. The number of pyridine rings is 1. The van der Waals surface area contributed by atoms with Crippen LogP contribution in [0.25, 0.3) is 0 Å². The van der Waals surface area contributed by atoms with Gasteiger partial charge in [0.05, 0.1) is 18.9 Å². The van der Waals surface area contributed by atoms with E-state index >= 15 is 0 Å². The molecule has 2 rings (SSSR count). The number of aromatic nitrogens is 1. The van der Waals surface area contributed by atoms with E-state index in [2.05, 4.69) is 4.98 Å². The highest BCUT2D eigenvalue weighted by Crippen LogP contribution is 2.16. The van der Waals surface area contributed by atoms with Crippen LogP contribution in [0, 0.1) is 5.92 Å². The zero-order chi connectivity index (χ0) is 10.5. The van der Waals surface area contributed by atoms with E-state index < -0.39 is 0 Å². The Kier molecular flexibility index (Phi) is 3.53. The van der Waals surface area contributed by atoms with Crippen LogP contribution in [-0.4, -0.2) is 24.8 Å². The maximum atomic E-state index is 5.66. The molecule has 0 bridgehead atoms. The molecule has 1 unspecified atom stereocenters. The van der Waals surface area contributed by atoms with E-state index in [1.807, 2.05) is 12.1 Å². The van der Waals surface area contributed by atoms with Crippen LogP contribution in [0.5, 0.6) is 5.75 Å². The Bertz CT molecular complexity index is 311. The van der Waals surface area contributed by atoms with Gasteiger partial charge in [0, 0.05) is 31.3 Å². The standard InChI is InChI=1S/C11H16N2O2/c12-6-10-5-11(1-3-13-10)15-8-9-2-4-14-7-9/h1,3,5,9H,2,4,6-8,12H2. The predicted octanol–water partition coefficient (Wildman–Crippen LogP) is 0.956. The number of ether oxygens (including phenoxy) is 2. The Morgan fingerprint density at radius 3 is 3.27 bits per heavy atom. The summed E-state index contributed by atoms with van der Waals surface area (Å²) in [4.78, 5) is 4.11. The first kappa shape index (κ1) is 10.4. The molecule has 0 aromatic carbocycles. The monoisotopic (exact) mass is 208 g/mol. The molecule has 82 valence electrons. The van der Waals surface area contributed by atoms with Crippen molar-refractivity contribution in [1.82, 2.24) is 4.98 Å². The predicted molar refractivity (Wildman–Crippen MR) is 56.5 cm³/mol. The second-order valence-electron chi connectivity index (χ2n) is 3.73. The van der Waals surface area contributed by atoms with E-state index in [1.54, 1.807) is 6.20 Å². The molecule has 4 nitrogen and oxygen atoms in total. The lowest BCUT2D eigenvalue weighted by Crippen LogP contribution is -2.12. The SMILES string of the molecule is NCc1cc(OCC2CCOC2)ccn1. The molecule has 1 aromatic heterocycles. The summed E-state index contributed by atoms with van der Waals surface area (Å²) in [6, 6.07) is 3.74.